The quantitative estimate of drug-likeness (QED) is 0.882. The summed E-state index contributed by atoms with van der Waals surface area (Å²) in [6.45, 7) is 5.43. The SMILES string of the molecule is Cc1nc(C)c(CCNC(=O)N2C[C@@H]3CCC[C@@]3(C(=O)O)C2)s1. The highest BCUT2D eigenvalue weighted by Crippen LogP contribution is 2.48. The second-order valence-electron chi connectivity index (χ2n) is 6.65. The molecule has 2 aliphatic rings. The number of hydrogen-bond acceptors (Lipinski definition) is 4. The number of thiazole rings is 1. The molecule has 6 nitrogen and oxygen atoms in total. The average molecular weight is 337 g/mol. The summed E-state index contributed by atoms with van der Waals surface area (Å²) in [5.41, 5.74) is 0.324. The minimum Gasteiger partial charge on any atom is -0.481 e. The second-order valence-corrected chi connectivity index (χ2v) is 7.94. The minimum absolute atomic E-state index is 0.108. The van der Waals surface area contributed by atoms with Crippen molar-refractivity contribution in [1.82, 2.24) is 15.2 Å². The van der Waals surface area contributed by atoms with Gasteiger partial charge in [-0.1, -0.05) is 6.42 Å². The molecule has 0 aromatic carbocycles. The van der Waals surface area contributed by atoms with E-state index in [1.54, 1.807) is 16.2 Å². The maximum Gasteiger partial charge on any atom is 0.317 e. The van der Waals surface area contributed by atoms with Gasteiger partial charge in [-0.3, -0.25) is 4.79 Å². The third-order valence-electron chi connectivity index (χ3n) is 5.21. The number of amides is 2. The van der Waals surface area contributed by atoms with Gasteiger partial charge in [0.15, 0.2) is 0 Å². The average Bonchev–Trinajstić information content (AvgIpc) is 3.11. The van der Waals surface area contributed by atoms with Gasteiger partial charge in [-0.05, 0) is 32.6 Å². The first-order chi connectivity index (χ1) is 10.9. The normalized spacial score (nSPS) is 26.3. The number of nitrogens with zero attached hydrogens (tertiary/aromatic N) is 2. The largest absolute Gasteiger partial charge is 0.481 e. The van der Waals surface area contributed by atoms with Crippen molar-refractivity contribution in [2.24, 2.45) is 11.3 Å². The van der Waals surface area contributed by atoms with Gasteiger partial charge in [-0.15, -0.1) is 11.3 Å². The Hall–Kier alpha value is -1.63. The zero-order valence-electron chi connectivity index (χ0n) is 13.6. The maximum atomic E-state index is 12.3. The summed E-state index contributed by atoms with van der Waals surface area (Å²) >= 11 is 1.66. The summed E-state index contributed by atoms with van der Waals surface area (Å²) in [6, 6.07) is -0.140. The topological polar surface area (TPSA) is 82.5 Å². The first-order valence-electron chi connectivity index (χ1n) is 8.11. The molecule has 1 aliphatic carbocycles. The molecule has 2 atom stereocenters. The summed E-state index contributed by atoms with van der Waals surface area (Å²) in [5, 5.41) is 13.5. The van der Waals surface area contributed by atoms with Crippen molar-refractivity contribution in [1.29, 1.82) is 0 Å². The van der Waals surface area contributed by atoms with Crippen LogP contribution in [0.2, 0.25) is 0 Å². The molecular formula is C16H23N3O3S. The van der Waals surface area contributed by atoms with E-state index in [0.717, 1.165) is 30.0 Å². The number of carboxylic acid groups (broad SMARTS) is 1. The monoisotopic (exact) mass is 337 g/mol. The van der Waals surface area contributed by atoms with Gasteiger partial charge in [0.05, 0.1) is 16.1 Å². The van der Waals surface area contributed by atoms with E-state index in [4.69, 9.17) is 0 Å². The van der Waals surface area contributed by atoms with Gasteiger partial charge in [0, 0.05) is 30.9 Å². The van der Waals surface area contributed by atoms with Gasteiger partial charge in [0.25, 0.3) is 0 Å². The van der Waals surface area contributed by atoms with Crippen molar-refractivity contribution in [3.05, 3.63) is 15.6 Å². The third kappa shape index (κ3) is 2.94. The molecule has 1 saturated heterocycles. The summed E-state index contributed by atoms with van der Waals surface area (Å²) in [6.07, 6.45) is 3.33. The number of carbonyl (C=O) groups excluding carboxylic acids is 1. The minimum atomic E-state index is -0.744. The van der Waals surface area contributed by atoms with Crippen LogP contribution in [-0.2, 0) is 11.2 Å². The van der Waals surface area contributed by atoms with E-state index in [1.807, 2.05) is 13.8 Å². The Morgan fingerprint density at radius 2 is 2.26 bits per heavy atom. The summed E-state index contributed by atoms with van der Waals surface area (Å²) in [5.74, 6) is -0.636. The van der Waals surface area contributed by atoms with Crippen LogP contribution in [0, 0.1) is 25.2 Å². The number of aryl methyl sites for hydroxylation is 2. The van der Waals surface area contributed by atoms with Crippen LogP contribution in [0.4, 0.5) is 4.79 Å². The van der Waals surface area contributed by atoms with Gasteiger partial charge in [-0.2, -0.15) is 0 Å². The zero-order valence-corrected chi connectivity index (χ0v) is 14.4. The van der Waals surface area contributed by atoms with Crippen LogP contribution in [0.3, 0.4) is 0 Å². The lowest BCUT2D eigenvalue weighted by atomic mass is 9.81. The Labute approximate surface area is 139 Å². The Balaban J connectivity index is 1.54. The van der Waals surface area contributed by atoms with E-state index >= 15 is 0 Å². The van der Waals surface area contributed by atoms with Gasteiger partial charge in [-0.25, -0.2) is 9.78 Å². The molecular weight excluding hydrogens is 314 g/mol. The predicted octanol–water partition coefficient (Wildman–Crippen LogP) is 2.20. The number of aromatic nitrogens is 1. The third-order valence-corrected chi connectivity index (χ3v) is 6.34. The van der Waals surface area contributed by atoms with Crippen molar-refractivity contribution < 1.29 is 14.7 Å². The van der Waals surface area contributed by atoms with E-state index in [0.29, 0.717) is 26.1 Å². The fraction of sp³-hybridized carbons (Fsp3) is 0.688. The fourth-order valence-corrected chi connectivity index (χ4v) is 4.93. The molecule has 2 heterocycles. The van der Waals surface area contributed by atoms with Crippen LogP contribution in [-0.4, -0.2) is 46.6 Å². The van der Waals surface area contributed by atoms with Crippen LogP contribution in [0.25, 0.3) is 0 Å². The number of likely N-dealkylation sites (tertiary alicyclic amines) is 1. The summed E-state index contributed by atoms with van der Waals surface area (Å²) < 4.78 is 0. The molecule has 0 spiro atoms. The highest BCUT2D eigenvalue weighted by Gasteiger charge is 2.55. The van der Waals surface area contributed by atoms with Crippen LogP contribution >= 0.6 is 11.3 Å². The number of rotatable bonds is 4. The van der Waals surface area contributed by atoms with Crippen molar-refractivity contribution in [2.45, 2.75) is 39.5 Å². The standard InChI is InChI=1S/C16H23N3O3S/c1-10-13(23-11(2)18-10)5-7-17-15(22)19-8-12-4-3-6-16(12,9-19)14(20)21/h12H,3-9H2,1-2H3,(H,17,22)(H,20,21)/t12-,16+/m0/s1. The molecule has 0 radical (unpaired) electrons. The molecule has 2 fully saturated rings. The van der Waals surface area contributed by atoms with Gasteiger partial charge < -0.3 is 15.3 Å². The number of fused-ring (bicyclic) bond motifs is 1. The highest BCUT2D eigenvalue weighted by atomic mass is 32.1. The Kier molecular flexibility index (Phi) is 4.31. The lowest BCUT2D eigenvalue weighted by Gasteiger charge is -2.23. The fourth-order valence-electron chi connectivity index (χ4n) is 3.99. The first kappa shape index (κ1) is 16.2. The van der Waals surface area contributed by atoms with Crippen LogP contribution in [0.5, 0.6) is 0 Å². The Morgan fingerprint density at radius 3 is 2.87 bits per heavy atom. The van der Waals surface area contributed by atoms with Crippen LogP contribution in [0.1, 0.15) is 34.8 Å². The number of hydrogen-bond donors (Lipinski definition) is 2. The lowest BCUT2D eigenvalue weighted by molar-refractivity contribution is -0.149. The Morgan fingerprint density at radius 1 is 1.48 bits per heavy atom. The second kappa shape index (κ2) is 6.11. The number of nitrogens with one attached hydrogen (secondary N) is 1. The first-order valence-corrected chi connectivity index (χ1v) is 8.93. The number of carbonyl (C=O) groups is 2. The van der Waals surface area contributed by atoms with E-state index in [2.05, 4.69) is 10.3 Å². The molecule has 0 unspecified atom stereocenters. The molecule has 1 aliphatic heterocycles. The molecule has 1 aromatic heterocycles. The van der Waals surface area contributed by atoms with Crippen molar-refractivity contribution >= 4 is 23.3 Å². The molecule has 1 aromatic rings. The van der Waals surface area contributed by atoms with Gasteiger partial charge >= 0.3 is 12.0 Å². The summed E-state index contributed by atoms with van der Waals surface area (Å²) in [7, 11) is 0. The van der Waals surface area contributed by atoms with Crippen molar-refractivity contribution in [2.75, 3.05) is 19.6 Å². The molecule has 0 bridgehead atoms. The maximum absolute atomic E-state index is 12.3. The van der Waals surface area contributed by atoms with Gasteiger partial charge in [0.2, 0.25) is 0 Å². The number of aliphatic carboxylic acids is 1. The van der Waals surface area contributed by atoms with Crippen LogP contribution in [0.15, 0.2) is 0 Å². The van der Waals surface area contributed by atoms with E-state index < -0.39 is 11.4 Å². The van der Waals surface area contributed by atoms with E-state index in [1.165, 1.54) is 4.88 Å². The summed E-state index contributed by atoms with van der Waals surface area (Å²) in [4.78, 5) is 31.2. The lowest BCUT2D eigenvalue weighted by Crippen LogP contribution is -2.42. The molecule has 7 heteroatoms. The van der Waals surface area contributed by atoms with Crippen LogP contribution < -0.4 is 5.32 Å². The van der Waals surface area contributed by atoms with E-state index in [-0.39, 0.29) is 11.9 Å². The molecule has 2 N–H and O–H groups in total. The number of carboxylic acids is 1. The molecule has 1 saturated carbocycles. The molecule has 2 amide bonds. The highest BCUT2D eigenvalue weighted by molar-refractivity contribution is 7.11. The molecule has 126 valence electrons. The van der Waals surface area contributed by atoms with Crippen molar-refractivity contribution in [3.8, 4) is 0 Å². The van der Waals surface area contributed by atoms with E-state index in [9.17, 15) is 14.7 Å². The predicted molar refractivity (Wildman–Crippen MR) is 87.7 cm³/mol. The molecule has 3 rings (SSSR count). The van der Waals surface area contributed by atoms with Gasteiger partial charge in [0.1, 0.15) is 0 Å². The number of urea groups is 1. The van der Waals surface area contributed by atoms with Crippen molar-refractivity contribution in [3.63, 3.8) is 0 Å². The smallest absolute Gasteiger partial charge is 0.317 e. The molecule has 23 heavy (non-hydrogen) atoms. The zero-order chi connectivity index (χ0) is 16.6. The Bertz CT molecular complexity index is 630.